The van der Waals surface area contributed by atoms with Crippen molar-refractivity contribution in [3.05, 3.63) is 81.3 Å². The first-order chi connectivity index (χ1) is 13.5. The van der Waals surface area contributed by atoms with Crippen LogP contribution in [0.25, 0.3) is 0 Å². The molecule has 0 aliphatic rings. The minimum atomic E-state index is -4.00. The fourth-order valence-electron chi connectivity index (χ4n) is 2.82. The highest BCUT2D eigenvalue weighted by atomic mass is 79.9. The van der Waals surface area contributed by atoms with Gasteiger partial charge in [0.1, 0.15) is 0 Å². The number of benzene rings is 3. The molecular weight excluding hydrogens is 498 g/mol. The van der Waals surface area contributed by atoms with Crippen LogP contribution < -0.4 is 4.72 Å². The molecule has 3 aromatic rings. The van der Waals surface area contributed by atoms with Gasteiger partial charge in [-0.3, -0.25) is 4.72 Å². The predicted octanol–water partition coefficient (Wildman–Crippen LogP) is 5.35. The average Bonchev–Trinajstić information content (AvgIpc) is 2.65. The SMILES string of the molecule is Cc1cc(S(=O)(=O)Nc2ccc(Br)cc2)c(C)c(S(=O)(=O)c2ccc(Cl)cc2)c1. The molecule has 29 heavy (non-hydrogen) atoms. The van der Waals surface area contributed by atoms with Crippen LogP contribution >= 0.6 is 27.5 Å². The maximum atomic E-state index is 13.1. The number of halogens is 2. The fourth-order valence-corrected chi connectivity index (χ4v) is 6.29. The molecular formula is C20H17BrClNO4S2. The monoisotopic (exact) mass is 513 g/mol. The number of nitrogens with one attached hydrogen (secondary N) is 1. The molecule has 9 heteroatoms. The average molecular weight is 515 g/mol. The van der Waals surface area contributed by atoms with Gasteiger partial charge in [0.25, 0.3) is 10.0 Å². The first kappa shape index (κ1) is 21.8. The number of hydrogen-bond acceptors (Lipinski definition) is 4. The lowest BCUT2D eigenvalue weighted by atomic mass is 10.2. The zero-order valence-electron chi connectivity index (χ0n) is 15.5. The van der Waals surface area contributed by atoms with Gasteiger partial charge >= 0.3 is 0 Å². The maximum absolute atomic E-state index is 13.1. The zero-order chi connectivity index (χ0) is 21.4. The van der Waals surface area contributed by atoms with Crippen LogP contribution in [0.1, 0.15) is 11.1 Å². The molecule has 0 atom stereocenters. The van der Waals surface area contributed by atoms with Crippen molar-refractivity contribution in [1.82, 2.24) is 0 Å². The molecule has 1 N–H and O–H groups in total. The van der Waals surface area contributed by atoms with Gasteiger partial charge < -0.3 is 0 Å². The van der Waals surface area contributed by atoms with Gasteiger partial charge in [-0.1, -0.05) is 27.5 Å². The van der Waals surface area contributed by atoms with Crippen molar-refractivity contribution in [3.8, 4) is 0 Å². The van der Waals surface area contributed by atoms with Gasteiger partial charge in [-0.25, -0.2) is 16.8 Å². The van der Waals surface area contributed by atoms with Crippen molar-refractivity contribution in [1.29, 1.82) is 0 Å². The highest BCUT2D eigenvalue weighted by molar-refractivity contribution is 9.10. The Morgan fingerprint density at radius 3 is 1.97 bits per heavy atom. The number of rotatable bonds is 5. The molecule has 0 aromatic heterocycles. The minimum absolute atomic E-state index is 0.0415. The number of anilines is 1. The van der Waals surface area contributed by atoms with E-state index in [2.05, 4.69) is 20.7 Å². The van der Waals surface area contributed by atoms with Crippen LogP contribution in [0.4, 0.5) is 5.69 Å². The van der Waals surface area contributed by atoms with E-state index in [1.807, 2.05) is 0 Å². The Morgan fingerprint density at radius 2 is 1.38 bits per heavy atom. The maximum Gasteiger partial charge on any atom is 0.262 e. The van der Waals surface area contributed by atoms with E-state index in [1.165, 1.54) is 43.3 Å². The van der Waals surface area contributed by atoms with Gasteiger partial charge in [-0.2, -0.15) is 0 Å². The van der Waals surface area contributed by atoms with E-state index >= 15 is 0 Å². The third-order valence-electron chi connectivity index (χ3n) is 4.26. The molecule has 0 aliphatic carbocycles. The molecule has 0 spiro atoms. The summed E-state index contributed by atoms with van der Waals surface area (Å²) in [5, 5.41) is 0.409. The molecule has 0 radical (unpaired) electrons. The van der Waals surface area contributed by atoms with E-state index in [-0.39, 0.29) is 20.2 Å². The first-order valence-electron chi connectivity index (χ1n) is 8.41. The smallest absolute Gasteiger partial charge is 0.262 e. The molecule has 0 amide bonds. The van der Waals surface area contributed by atoms with Crippen LogP contribution in [0.2, 0.25) is 5.02 Å². The van der Waals surface area contributed by atoms with E-state index in [9.17, 15) is 16.8 Å². The van der Waals surface area contributed by atoms with Crippen molar-refractivity contribution >= 4 is 53.1 Å². The number of aryl methyl sites for hydroxylation is 1. The van der Waals surface area contributed by atoms with Crippen molar-refractivity contribution in [2.24, 2.45) is 0 Å². The van der Waals surface area contributed by atoms with Gasteiger partial charge in [0, 0.05) is 15.2 Å². The topological polar surface area (TPSA) is 80.3 Å². The first-order valence-corrected chi connectivity index (χ1v) is 12.5. The molecule has 0 saturated heterocycles. The third kappa shape index (κ3) is 4.66. The van der Waals surface area contributed by atoms with E-state index in [0.29, 0.717) is 16.3 Å². The van der Waals surface area contributed by atoms with Crippen LogP contribution in [0.3, 0.4) is 0 Å². The quantitative estimate of drug-likeness (QED) is 0.497. The lowest BCUT2D eigenvalue weighted by Gasteiger charge is -2.15. The Kier molecular flexibility index (Phi) is 6.10. The minimum Gasteiger partial charge on any atom is -0.280 e. The number of sulfonamides is 1. The Morgan fingerprint density at radius 1 is 0.828 bits per heavy atom. The molecule has 0 aliphatic heterocycles. The molecule has 0 heterocycles. The molecule has 0 fully saturated rings. The molecule has 5 nitrogen and oxygen atoms in total. The van der Waals surface area contributed by atoms with Gasteiger partial charge in [0.05, 0.1) is 14.7 Å². The normalized spacial score (nSPS) is 12.0. The zero-order valence-corrected chi connectivity index (χ0v) is 19.5. The van der Waals surface area contributed by atoms with Crippen LogP contribution in [-0.4, -0.2) is 16.8 Å². The second kappa shape index (κ2) is 8.10. The van der Waals surface area contributed by atoms with Gasteiger partial charge in [-0.15, -0.1) is 0 Å². The summed E-state index contributed by atoms with van der Waals surface area (Å²) in [6.45, 7) is 3.14. The van der Waals surface area contributed by atoms with Crippen molar-refractivity contribution in [2.45, 2.75) is 28.5 Å². The summed E-state index contributed by atoms with van der Waals surface area (Å²) in [5.74, 6) is 0. The van der Waals surface area contributed by atoms with Crippen LogP contribution in [0.15, 0.2) is 79.8 Å². The molecule has 3 rings (SSSR count). The van der Waals surface area contributed by atoms with Crippen molar-refractivity contribution < 1.29 is 16.8 Å². The second-order valence-electron chi connectivity index (χ2n) is 6.46. The van der Waals surface area contributed by atoms with Crippen LogP contribution in [0, 0.1) is 13.8 Å². The second-order valence-corrected chi connectivity index (χ2v) is 11.4. The summed E-state index contributed by atoms with van der Waals surface area (Å²) in [7, 11) is -7.93. The summed E-state index contributed by atoms with van der Waals surface area (Å²) in [6, 6.07) is 15.3. The number of sulfone groups is 1. The van der Waals surface area contributed by atoms with E-state index in [4.69, 9.17) is 11.6 Å². The summed E-state index contributed by atoms with van der Waals surface area (Å²) in [5.41, 5.74) is 1.03. The third-order valence-corrected chi connectivity index (χ3v) is 8.44. The van der Waals surface area contributed by atoms with Gasteiger partial charge in [0.2, 0.25) is 9.84 Å². The Labute approximate surface area is 183 Å². The molecule has 0 unspecified atom stereocenters. The Hall–Kier alpha value is -1.87. The summed E-state index contributed by atoms with van der Waals surface area (Å²) in [4.78, 5) is -0.108. The Bertz CT molecular complexity index is 1270. The summed E-state index contributed by atoms with van der Waals surface area (Å²) < 4.78 is 55.5. The Balaban J connectivity index is 2.11. The standard InChI is InChI=1S/C20H17BrClNO4S2/c1-13-11-19(28(24,25)18-9-5-16(22)6-10-18)14(2)20(12-13)29(26,27)23-17-7-3-15(21)4-8-17/h3-12,23H,1-2H3. The van der Waals surface area contributed by atoms with E-state index in [0.717, 1.165) is 4.47 Å². The van der Waals surface area contributed by atoms with E-state index < -0.39 is 19.9 Å². The summed E-state index contributed by atoms with van der Waals surface area (Å²) >= 11 is 9.15. The van der Waals surface area contributed by atoms with Gasteiger partial charge in [0.15, 0.2) is 0 Å². The molecule has 0 bridgehead atoms. The van der Waals surface area contributed by atoms with Crippen molar-refractivity contribution in [2.75, 3.05) is 4.72 Å². The highest BCUT2D eigenvalue weighted by Crippen LogP contribution is 2.31. The lowest BCUT2D eigenvalue weighted by Crippen LogP contribution is -2.16. The van der Waals surface area contributed by atoms with E-state index in [1.54, 1.807) is 31.2 Å². The predicted molar refractivity (Wildman–Crippen MR) is 118 cm³/mol. The van der Waals surface area contributed by atoms with Crippen LogP contribution in [0.5, 0.6) is 0 Å². The van der Waals surface area contributed by atoms with Gasteiger partial charge in [-0.05, 0) is 85.6 Å². The molecule has 152 valence electrons. The summed E-state index contributed by atoms with van der Waals surface area (Å²) in [6.07, 6.45) is 0. The van der Waals surface area contributed by atoms with Crippen molar-refractivity contribution in [3.63, 3.8) is 0 Å². The number of hydrogen-bond donors (Lipinski definition) is 1. The largest absolute Gasteiger partial charge is 0.280 e. The lowest BCUT2D eigenvalue weighted by molar-refractivity contribution is 0.594. The van der Waals surface area contributed by atoms with Crippen LogP contribution in [-0.2, 0) is 19.9 Å². The highest BCUT2D eigenvalue weighted by Gasteiger charge is 2.26. The molecule has 3 aromatic carbocycles. The fraction of sp³-hybridized carbons (Fsp3) is 0.100. The molecule has 0 saturated carbocycles.